The Labute approximate surface area is 182 Å². The molecule has 0 radical (unpaired) electrons. The van der Waals surface area contributed by atoms with Gasteiger partial charge in [0.25, 0.3) is 0 Å². The average Bonchev–Trinajstić information content (AvgIpc) is 3.04. The van der Waals surface area contributed by atoms with Crippen molar-refractivity contribution in [3.8, 4) is 6.07 Å². The Morgan fingerprint density at radius 1 is 1.37 bits per heavy atom. The van der Waals surface area contributed by atoms with Crippen molar-refractivity contribution in [2.24, 2.45) is 5.73 Å². The summed E-state index contributed by atoms with van der Waals surface area (Å²) in [4.78, 5) is 38.8. The maximum absolute atomic E-state index is 13.0. The topological polar surface area (TPSA) is 123 Å². The van der Waals surface area contributed by atoms with Crippen LogP contribution >= 0.6 is 23.4 Å². The number of benzene rings is 1. The number of carbonyl (C=O) groups is 3. The summed E-state index contributed by atoms with van der Waals surface area (Å²) in [5.74, 6) is -2.79. The molecule has 2 N–H and O–H groups in total. The molecule has 0 bridgehead atoms. The molecule has 156 valence electrons. The lowest BCUT2D eigenvalue weighted by atomic mass is 9.83. The van der Waals surface area contributed by atoms with Crippen LogP contribution in [0.25, 0.3) is 0 Å². The van der Waals surface area contributed by atoms with Crippen LogP contribution in [0, 0.1) is 11.3 Å². The van der Waals surface area contributed by atoms with E-state index in [-0.39, 0.29) is 35.0 Å². The third-order valence-electron chi connectivity index (χ3n) is 4.69. The van der Waals surface area contributed by atoms with Gasteiger partial charge in [-0.2, -0.15) is 5.26 Å². The van der Waals surface area contributed by atoms with Crippen molar-refractivity contribution >= 4 is 41.2 Å². The number of fused-ring (bicyclic) bond motifs is 1. The molecular weight excluding hydrogens is 430 g/mol. The minimum atomic E-state index is -0.911. The third kappa shape index (κ3) is 3.64. The second kappa shape index (κ2) is 8.81. The Kier molecular flexibility index (Phi) is 6.39. The van der Waals surface area contributed by atoms with E-state index in [0.717, 1.165) is 16.7 Å². The van der Waals surface area contributed by atoms with Gasteiger partial charge in [0.15, 0.2) is 0 Å². The summed E-state index contributed by atoms with van der Waals surface area (Å²) in [7, 11) is 1.22. The van der Waals surface area contributed by atoms with Gasteiger partial charge in [0.05, 0.1) is 48.3 Å². The highest BCUT2D eigenvalue weighted by Gasteiger charge is 2.49. The van der Waals surface area contributed by atoms with Crippen molar-refractivity contribution in [3.05, 3.63) is 56.8 Å². The van der Waals surface area contributed by atoms with E-state index < -0.39 is 29.0 Å². The van der Waals surface area contributed by atoms with Gasteiger partial charge in [-0.05, 0) is 18.6 Å². The number of nitrogens with zero attached hydrogens (tertiary/aromatic N) is 2. The van der Waals surface area contributed by atoms with E-state index in [4.69, 9.17) is 22.1 Å². The predicted molar refractivity (Wildman–Crippen MR) is 110 cm³/mol. The quantitative estimate of drug-likeness (QED) is 0.682. The first-order chi connectivity index (χ1) is 14.3. The Balaban J connectivity index is 2.23. The van der Waals surface area contributed by atoms with Gasteiger partial charge in [-0.25, -0.2) is 4.79 Å². The molecule has 0 unspecified atom stereocenters. The summed E-state index contributed by atoms with van der Waals surface area (Å²) in [6.07, 6.45) is -0.206. The van der Waals surface area contributed by atoms with Crippen LogP contribution in [0.15, 0.2) is 46.3 Å². The molecule has 0 saturated carbocycles. The number of allylic oxidation sites excluding steroid dienone is 1. The number of halogens is 1. The van der Waals surface area contributed by atoms with Crippen molar-refractivity contribution in [1.82, 2.24) is 4.90 Å². The number of carbonyl (C=O) groups excluding carboxylic acids is 3. The Hall–Kier alpha value is -2.96. The van der Waals surface area contributed by atoms with Crippen LogP contribution < -0.4 is 5.73 Å². The molecule has 3 rings (SSSR count). The maximum atomic E-state index is 13.0. The molecule has 0 spiro atoms. The fourth-order valence-electron chi connectivity index (χ4n) is 3.35. The van der Waals surface area contributed by atoms with Crippen molar-refractivity contribution in [3.63, 3.8) is 0 Å². The Morgan fingerprint density at radius 2 is 2.07 bits per heavy atom. The van der Waals surface area contributed by atoms with Crippen molar-refractivity contribution in [2.45, 2.75) is 24.5 Å². The van der Waals surface area contributed by atoms with Gasteiger partial charge in [0.2, 0.25) is 5.91 Å². The fourth-order valence-corrected chi connectivity index (χ4v) is 4.91. The molecule has 0 aromatic heterocycles. The molecule has 30 heavy (non-hydrogen) atoms. The normalized spacial score (nSPS) is 20.7. The van der Waals surface area contributed by atoms with E-state index in [9.17, 15) is 19.6 Å². The number of thioether (sulfide) groups is 1. The van der Waals surface area contributed by atoms with Crippen LogP contribution in [-0.2, 0) is 23.9 Å². The molecule has 2 atom stereocenters. The summed E-state index contributed by atoms with van der Waals surface area (Å²) in [5.41, 5.74) is 6.78. The van der Waals surface area contributed by atoms with E-state index in [1.165, 1.54) is 7.11 Å². The summed E-state index contributed by atoms with van der Waals surface area (Å²) in [6, 6.07) is 8.77. The minimum absolute atomic E-state index is 0.00238. The first-order valence-electron chi connectivity index (χ1n) is 8.98. The lowest BCUT2D eigenvalue weighted by molar-refractivity contribution is -0.142. The standard InChI is InChI=1S/C20H18ClN3O5S/c1-3-29-20(27)16-15(10-6-4-5-7-12(10)21)11(9-22)17(23)24-18(26)13(30-19(16)24)8-14(25)28-2/h4-7,13,15H,3,8,23H2,1-2H3/t13-,15-/m0/s1. The summed E-state index contributed by atoms with van der Waals surface area (Å²) in [6.45, 7) is 1.74. The molecule has 8 nitrogen and oxygen atoms in total. The number of nitrogens with two attached hydrogens (primary N) is 1. The van der Waals surface area contributed by atoms with Gasteiger partial charge in [0.1, 0.15) is 11.1 Å². The molecule has 2 aliphatic rings. The van der Waals surface area contributed by atoms with Gasteiger partial charge in [-0.1, -0.05) is 41.6 Å². The van der Waals surface area contributed by atoms with E-state index in [2.05, 4.69) is 4.74 Å². The second-order valence-corrected chi connectivity index (χ2v) is 7.96. The highest BCUT2D eigenvalue weighted by atomic mass is 35.5. The molecule has 0 aliphatic carbocycles. The number of hydrogen-bond acceptors (Lipinski definition) is 8. The van der Waals surface area contributed by atoms with E-state index in [1.54, 1.807) is 31.2 Å². The summed E-state index contributed by atoms with van der Waals surface area (Å²) >= 11 is 7.38. The van der Waals surface area contributed by atoms with Crippen molar-refractivity contribution < 1.29 is 23.9 Å². The molecular formula is C20H18ClN3O5S. The van der Waals surface area contributed by atoms with Crippen LogP contribution in [0.5, 0.6) is 0 Å². The zero-order chi connectivity index (χ0) is 22.0. The van der Waals surface area contributed by atoms with Crippen molar-refractivity contribution in [1.29, 1.82) is 5.26 Å². The summed E-state index contributed by atoms with van der Waals surface area (Å²) in [5, 5.41) is 9.56. The van der Waals surface area contributed by atoms with Crippen LogP contribution in [0.3, 0.4) is 0 Å². The van der Waals surface area contributed by atoms with Gasteiger partial charge >= 0.3 is 11.9 Å². The van der Waals surface area contributed by atoms with Gasteiger partial charge in [-0.3, -0.25) is 14.5 Å². The number of rotatable bonds is 5. The smallest absolute Gasteiger partial charge is 0.337 e. The first-order valence-corrected chi connectivity index (χ1v) is 10.2. The Bertz CT molecular complexity index is 1030. The molecule has 1 saturated heterocycles. The van der Waals surface area contributed by atoms with Crippen LogP contribution in [0.1, 0.15) is 24.8 Å². The minimum Gasteiger partial charge on any atom is -0.469 e. The molecule has 1 aromatic rings. The van der Waals surface area contributed by atoms with Gasteiger partial charge in [-0.15, -0.1) is 0 Å². The highest BCUT2D eigenvalue weighted by Crippen LogP contribution is 2.50. The fraction of sp³-hybridized carbons (Fsp3) is 0.300. The van der Waals surface area contributed by atoms with E-state index in [1.807, 2.05) is 6.07 Å². The number of methoxy groups -OCH3 is 1. The number of ether oxygens (including phenoxy) is 2. The van der Waals surface area contributed by atoms with Crippen molar-refractivity contribution in [2.75, 3.05) is 13.7 Å². The Morgan fingerprint density at radius 3 is 2.67 bits per heavy atom. The lowest BCUT2D eigenvalue weighted by Crippen LogP contribution is -2.38. The molecule has 2 aliphatic heterocycles. The van der Waals surface area contributed by atoms with E-state index in [0.29, 0.717) is 10.6 Å². The highest BCUT2D eigenvalue weighted by molar-refractivity contribution is 8.04. The number of amides is 1. The summed E-state index contributed by atoms with van der Waals surface area (Å²) < 4.78 is 9.88. The van der Waals surface area contributed by atoms with Gasteiger partial charge in [0, 0.05) is 5.02 Å². The largest absolute Gasteiger partial charge is 0.469 e. The lowest BCUT2D eigenvalue weighted by Gasteiger charge is -2.31. The second-order valence-electron chi connectivity index (χ2n) is 6.36. The molecule has 1 fully saturated rings. The first kappa shape index (κ1) is 21.7. The van der Waals surface area contributed by atoms with Crippen LogP contribution in [0.4, 0.5) is 0 Å². The molecule has 2 heterocycles. The van der Waals surface area contributed by atoms with Crippen LogP contribution in [0.2, 0.25) is 5.02 Å². The van der Waals surface area contributed by atoms with Crippen LogP contribution in [-0.4, -0.2) is 41.7 Å². The predicted octanol–water partition coefficient (Wildman–Crippen LogP) is 2.41. The van der Waals surface area contributed by atoms with E-state index >= 15 is 0 Å². The monoisotopic (exact) mass is 447 g/mol. The third-order valence-corrected chi connectivity index (χ3v) is 6.31. The molecule has 1 amide bonds. The number of hydrogen-bond donors (Lipinski definition) is 1. The molecule has 1 aromatic carbocycles. The average molecular weight is 448 g/mol. The molecule has 10 heteroatoms. The SMILES string of the molecule is CCOC(=O)C1=C2S[C@@H](CC(=O)OC)C(=O)N2C(N)=C(C#N)[C@@H]1c1ccccc1Cl. The maximum Gasteiger partial charge on any atom is 0.337 e. The zero-order valence-electron chi connectivity index (χ0n) is 16.2. The zero-order valence-corrected chi connectivity index (χ0v) is 17.7. The number of esters is 2. The van der Waals surface area contributed by atoms with Gasteiger partial charge < -0.3 is 15.2 Å². The number of nitriles is 1.